The van der Waals surface area contributed by atoms with Crippen LogP contribution in [-0.2, 0) is 13.1 Å². The third-order valence-corrected chi connectivity index (χ3v) is 4.48. The fraction of sp³-hybridized carbons (Fsp3) is 0.389. The summed E-state index contributed by atoms with van der Waals surface area (Å²) < 4.78 is 5.22. The predicted octanol–water partition coefficient (Wildman–Crippen LogP) is -0.426. The van der Waals surface area contributed by atoms with E-state index in [0.717, 1.165) is 18.8 Å². The molecule has 4 nitrogen and oxygen atoms in total. The summed E-state index contributed by atoms with van der Waals surface area (Å²) in [4.78, 5) is 7.46. The van der Waals surface area contributed by atoms with Crippen molar-refractivity contribution in [3.63, 3.8) is 0 Å². The number of hydrogen-bond donors (Lipinski definition) is 2. The molecule has 116 valence electrons. The van der Waals surface area contributed by atoms with Gasteiger partial charge < -0.3 is 14.5 Å². The van der Waals surface area contributed by atoms with Gasteiger partial charge >= 0.3 is 0 Å². The van der Waals surface area contributed by atoms with Crippen LogP contribution >= 0.6 is 0 Å². The number of piperazine rings is 1. The molecule has 0 bridgehead atoms. The molecular formula is C18H25N3O+2. The maximum absolute atomic E-state index is 5.22. The lowest BCUT2D eigenvalue weighted by molar-refractivity contribution is -1.02. The summed E-state index contributed by atoms with van der Waals surface area (Å²) in [5.41, 5.74) is 2.79. The molecule has 3 rings (SSSR count). The van der Waals surface area contributed by atoms with Crippen molar-refractivity contribution < 1.29 is 14.5 Å². The molecule has 0 radical (unpaired) electrons. The van der Waals surface area contributed by atoms with Gasteiger partial charge in [-0.1, -0.05) is 0 Å². The molecule has 2 aromatic rings. The van der Waals surface area contributed by atoms with E-state index in [1.54, 1.807) is 16.9 Å². The summed E-state index contributed by atoms with van der Waals surface area (Å²) in [6.07, 6.45) is 3.78. The van der Waals surface area contributed by atoms with Crippen LogP contribution in [0.4, 0.5) is 0 Å². The fourth-order valence-corrected chi connectivity index (χ4v) is 3.13. The molecule has 1 aromatic carbocycles. The van der Waals surface area contributed by atoms with E-state index < -0.39 is 0 Å². The Morgan fingerprint density at radius 3 is 1.82 bits per heavy atom. The maximum atomic E-state index is 5.22. The third-order valence-electron chi connectivity index (χ3n) is 4.48. The second-order valence-corrected chi connectivity index (χ2v) is 6.06. The molecule has 0 aliphatic carbocycles. The fourth-order valence-electron chi connectivity index (χ4n) is 3.13. The number of benzene rings is 1. The summed E-state index contributed by atoms with van der Waals surface area (Å²) in [6.45, 7) is 7.21. The highest BCUT2D eigenvalue weighted by Gasteiger charge is 2.22. The Kier molecular flexibility index (Phi) is 5.03. The molecule has 1 aromatic heterocycles. The van der Waals surface area contributed by atoms with E-state index in [2.05, 4.69) is 41.4 Å². The molecule has 0 atom stereocenters. The van der Waals surface area contributed by atoms with Crippen molar-refractivity contribution >= 4 is 0 Å². The molecule has 1 fully saturated rings. The van der Waals surface area contributed by atoms with Crippen molar-refractivity contribution in [3.8, 4) is 5.75 Å². The molecule has 4 heteroatoms. The number of quaternary nitrogens is 2. The molecular weight excluding hydrogens is 274 g/mol. The first-order valence-corrected chi connectivity index (χ1v) is 8.02. The van der Waals surface area contributed by atoms with Crippen LogP contribution in [0, 0.1) is 0 Å². The van der Waals surface area contributed by atoms with E-state index >= 15 is 0 Å². The predicted molar refractivity (Wildman–Crippen MR) is 86.0 cm³/mol. The van der Waals surface area contributed by atoms with Gasteiger partial charge in [0.05, 0.1) is 7.11 Å². The smallest absolute Gasteiger partial charge is 0.127 e. The maximum Gasteiger partial charge on any atom is 0.127 e. The lowest BCUT2D eigenvalue weighted by Gasteiger charge is -2.29. The molecule has 0 spiro atoms. The molecule has 0 unspecified atom stereocenters. The number of pyridine rings is 1. The van der Waals surface area contributed by atoms with Crippen LogP contribution in [0.15, 0.2) is 48.8 Å². The van der Waals surface area contributed by atoms with Crippen LogP contribution in [-0.4, -0.2) is 38.3 Å². The van der Waals surface area contributed by atoms with Crippen LogP contribution in [0.3, 0.4) is 0 Å². The quantitative estimate of drug-likeness (QED) is 0.785. The van der Waals surface area contributed by atoms with Gasteiger partial charge in [0.25, 0.3) is 0 Å². The van der Waals surface area contributed by atoms with Gasteiger partial charge in [-0.15, -0.1) is 0 Å². The second-order valence-electron chi connectivity index (χ2n) is 6.06. The molecule has 0 saturated carbocycles. The molecule has 1 aliphatic rings. The van der Waals surface area contributed by atoms with Crippen molar-refractivity contribution in [2.75, 3.05) is 33.3 Å². The second kappa shape index (κ2) is 7.38. The number of methoxy groups -OCH3 is 1. The molecule has 1 saturated heterocycles. The molecule has 0 amide bonds. The highest BCUT2D eigenvalue weighted by Crippen LogP contribution is 2.10. The Hall–Kier alpha value is -1.91. The van der Waals surface area contributed by atoms with Crippen molar-refractivity contribution in [1.29, 1.82) is 0 Å². The van der Waals surface area contributed by atoms with Gasteiger partial charge in [0.2, 0.25) is 0 Å². The van der Waals surface area contributed by atoms with E-state index in [-0.39, 0.29) is 0 Å². The number of ether oxygens (including phenoxy) is 1. The largest absolute Gasteiger partial charge is 0.497 e. The van der Waals surface area contributed by atoms with E-state index in [0.29, 0.717) is 0 Å². The molecule has 1 aliphatic heterocycles. The van der Waals surface area contributed by atoms with Crippen LogP contribution in [0.1, 0.15) is 11.1 Å². The number of rotatable bonds is 5. The van der Waals surface area contributed by atoms with Crippen LogP contribution < -0.4 is 14.5 Å². The van der Waals surface area contributed by atoms with Crippen LogP contribution in [0.5, 0.6) is 5.75 Å². The zero-order chi connectivity index (χ0) is 15.2. The summed E-state index contributed by atoms with van der Waals surface area (Å²) in [7, 11) is 1.71. The van der Waals surface area contributed by atoms with Crippen LogP contribution in [0.25, 0.3) is 0 Å². The highest BCUT2D eigenvalue weighted by atomic mass is 16.5. The molecule has 2 N–H and O–H groups in total. The Morgan fingerprint density at radius 1 is 0.818 bits per heavy atom. The minimum Gasteiger partial charge on any atom is -0.497 e. The van der Waals surface area contributed by atoms with Gasteiger partial charge in [0.15, 0.2) is 0 Å². The SMILES string of the molecule is COc1ccc(C[NH+]2CC[NH+](Cc3ccncc3)CC2)cc1. The Balaban J connectivity index is 1.47. The summed E-state index contributed by atoms with van der Waals surface area (Å²) in [5, 5.41) is 0. The zero-order valence-corrected chi connectivity index (χ0v) is 13.2. The summed E-state index contributed by atoms with van der Waals surface area (Å²) in [6, 6.07) is 12.7. The Labute approximate surface area is 132 Å². The van der Waals surface area contributed by atoms with Crippen molar-refractivity contribution in [1.82, 2.24) is 4.98 Å². The van der Waals surface area contributed by atoms with E-state index in [1.165, 1.54) is 37.3 Å². The van der Waals surface area contributed by atoms with E-state index in [4.69, 9.17) is 4.74 Å². The summed E-state index contributed by atoms with van der Waals surface area (Å²) >= 11 is 0. The number of aromatic nitrogens is 1. The first-order valence-electron chi connectivity index (χ1n) is 8.02. The number of nitrogens with zero attached hydrogens (tertiary/aromatic N) is 1. The van der Waals surface area contributed by atoms with Gasteiger partial charge in [-0.3, -0.25) is 4.98 Å². The average Bonchev–Trinajstić information content (AvgIpc) is 2.58. The lowest BCUT2D eigenvalue weighted by Crippen LogP contribution is -3.27. The highest BCUT2D eigenvalue weighted by molar-refractivity contribution is 5.26. The topological polar surface area (TPSA) is 31.0 Å². The minimum absolute atomic E-state index is 0.936. The van der Waals surface area contributed by atoms with Crippen molar-refractivity contribution in [2.24, 2.45) is 0 Å². The van der Waals surface area contributed by atoms with Gasteiger partial charge in [-0.05, 0) is 36.4 Å². The Bertz CT molecular complexity index is 563. The standard InChI is InChI=1S/C18H23N3O/c1-22-18-4-2-16(3-5-18)14-20-10-12-21(13-11-20)15-17-6-8-19-9-7-17/h2-9H,10-15H2,1H3/p+2. The average molecular weight is 299 g/mol. The lowest BCUT2D eigenvalue weighted by atomic mass is 10.2. The van der Waals surface area contributed by atoms with Gasteiger partial charge in [0, 0.05) is 23.5 Å². The van der Waals surface area contributed by atoms with E-state index in [9.17, 15) is 0 Å². The normalized spacial score (nSPS) is 21.5. The monoisotopic (exact) mass is 299 g/mol. The number of hydrogen-bond acceptors (Lipinski definition) is 2. The number of nitrogens with one attached hydrogen (secondary N) is 2. The van der Waals surface area contributed by atoms with E-state index in [1.807, 2.05) is 12.4 Å². The zero-order valence-electron chi connectivity index (χ0n) is 13.2. The van der Waals surface area contributed by atoms with Gasteiger partial charge in [-0.2, -0.15) is 0 Å². The first-order chi connectivity index (χ1) is 10.8. The van der Waals surface area contributed by atoms with Crippen molar-refractivity contribution in [3.05, 3.63) is 59.9 Å². The van der Waals surface area contributed by atoms with Crippen LogP contribution in [0.2, 0.25) is 0 Å². The minimum atomic E-state index is 0.936. The van der Waals surface area contributed by atoms with Gasteiger partial charge in [0.1, 0.15) is 45.0 Å². The summed E-state index contributed by atoms with van der Waals surface area (Å²) in [5.74, 6) is 0.936. The molecule has 22 heavy (non-hydrogen) atoms. The van der Waals surface area contributed by atoms with Gasteiger partial charge in [-0.25, -0.2) is 0 Å². The molecule has 2 heterocycles. The van der Waals surface area contributed by atoms with Crippen molar-refractivity contribution in [2.45, 2.75) is 13.1 Å². The Morgan fingerprint density at radius 2 is 1.32 bits per heavy atom. The third kappa shape index (κ3) is 4.06. The first kappa shape index (κ1) is 15.0.